The Kier molecular flexibility index (Phi) is 7.98. The van der Waals surface area contributed by atoms with E-state index in [0.29, 0.717) is 0 Å². The quantitative estimate of drug-likeness (QED) is 0.125. The van der Waals surface area contributed by atoms with Crippen molar-refractivity contribution < 1.29 is 4.42 Å². The molecule has 12 aromatic carbocycles. The Morgan fingerprint density at radius 1 is 0.206 bits per heavy atom. The maximum Gasteiger partial charge on any atom is 0.136 e. The van der Waals surface area contributed by atoms with E-state index in [1.807, 2.05) is 0 Å². The van der Waals surface area contributed by atoms with Crippen molar-refractivity contribution in [3.8, 4) is 55.6 Å². The van der Waals surface area contributed by atoms with E-state index in [9.17, 15) is 0 Å². The molecular weight excluding hydrogens is 761 g/mol. The monoisotopic (exact) mass is 798 g/mol. The fraction of sp³-hybridized carbons (Fsp3) is 0. The molecule has 1 nitrogen and oxygen atoms in total. The van der Waals surface area contributed by atoms with E-state index in [1.54, 1.807) is 0 Å². The minimum atomic E-state index is 0.876. The highest BCUT2D eigenvalue weighted by molar-refractivity contribution is 6.34. The van der Waals surface area contributed by atoms with Crippen LogP contribution in [0.25, 0.3) is 131 Å². The molecule has 0 fully saturated rings. The number of benzene rings is 12. The van der Waals surface area contributed by atoms with Crippen molar-refractivity contribution in [2.75, 3.05) is 0 Å². The first-order chi connectivity index (χ1) is 31.3. The van der Waals surface area contributed by atoms with Gasteiger partial charge < -0.3 is 4.42 Å². The van der Waals surface area contributed by atoms with Crippen LogP contribution in [0.15, 0.2) is 235 Å². The zero-order valence-corrected chi connectivity index (χ0v) is 34.3. The first-order valence-corrected chi connectivity index (χ1v) is 21.8. The fourth-order valence-electron chi connectivity index (χ4n) is 10.6. The van der Waals surface area contributed by atoms with Crippen LogP contribution in [0.2, 0.25) is 0 Å². The third-order valence-corrected chi connectivity index (χ3v) is 13.3. The summed E-state index contributed by atoms with van der Waals surface area (Å²) in [4.78, 5) is 0. The lowest BCUT2D eigenvalue weighted by molar-refractivity contribution is 0.669. The van der Waals surface area contributed by atoms with Gasteiger partial charge in [0.05, 0.1) is 0 Å². The first kappa shape index (κ1) is 35.5. The van der Waals surface area contributed by atoms with Gasteiger partial charge >= 0.3 is 0 Å². The highest BCUT2D eigenvalue weighted by Crippen LogP contribution is 2.53. The molecule has 0 bridgehead atoms. The minimum Gasteiger partial charge on any atom is -0.456 e. The molecule has 0 N–H and O–H groups in total. The van der Waals surface area contributed by atoms with Crippen molar-refractivity contribution in [3.63, 3.8) is 0 Å². The molecule has 0 spiro atoms. The number of rotatable bonds is 5. The second-order valence-corrected chi connectivity index (χ2v) is 16.6. The second-order valence-electron chi connectivity index (χ2n) is 16.6. The van der Waals surface area contributed by atoms with Crippen LogP contribution in [0.3, 0.4) is 0 Å². The van der Waals surface area contributed by atoms with E-state index in [4.69, 9.17) is 4.42 Å². The van der Waals surface area contributed by atoms with Crippen LogP contribution in [-0.4, -0.2) is 0 Å². The van der Waals surface area contributed by atoms with Gasteiger partial charge in [-0.25, -0.2) is 0 Å². The Labute approximate surface area is 364 Å². The fourth-order valence-corrected chi connectivity index (χ4v) is 10.6. The van der Waals surface area contributed by atoms with E-state index < -0.39 is 0 Å². The molecule has 1 heteroatoms. The minimum absolute atomic E-state index is 0.876. The molecule has 0 amide bonds. The standard InChI is InChI=1S/C62H38O/c1-4-18-39(19-5-1)42-32-33-54-56(38-42)63-55-37-36-44(41-22-8-3-9-23-41)62(60(54)55)59-51-30-16-14-28-49(51)58(50-29-15-17-31-52(50)59)61-43(40-20-6-2-7-21-40)34-35-53-47-26-11-10-24-45(47)46-25-12-13-27-48(46)57(53)61/h1-38H. The summed E-state index contributed by atoms with van der Waals surface area (Å²) in [7, 11) is 0. The van der Waals surface area contributed by atoms with Gasteiger partial charge in [0.15, 0.2) is 0 Å². The molecule has 0 saturated carbocycles. The molecular formula is C62H38O. The first-order valence-electron chi connectivity index (χ1n) is 21.8. The van der Waals surface area contributed by atoms with Gasteiger partial charge in [0.25, 0.3) is 0 Å². The Morgan fingerprint density at radius 3 is 1.11 bits per heavy atom. The predicted octanol–water partition coefficient (Wildman–Crippen LogP) is 17.7. The van der Waals surface area contributed by atoms with Gasteiger partial charge in [0.1, 0.15) is 11.2 Å². The Balaban J connectivity index is 1.22. The van der Waals surface area contributed by atoms with E-state index in [0.717, 1.165) is 27.5 Å². The van der Waals surface area contributed by atoms with Crippen LogP contribution in [0.5, 0.6) is 0 Å². The summed E-state index contributed by atoms with van der Waals surface area (Å²) in [6.45, 7) is 0. The topological polar surface area (TPSA) is 13.1 Å². The van der Waals surface area contributed by atoms with Crippen molar-refractivity contribution in [2.45, 2.75) is 0 Å². The van der Waals surface area contributed by atoms with Gasteiger partial charge in [0.2, 0.25) is 0 Å². The molecule has 1 heterocycles. The van der Waals surface area contributed by atoms with E-state index in [2.05, 4.69) is 231 Å². The van der Waals surface area contributed by atoms with Crippen LogP contribution < -0.4 is 0 Å². The number of hydrogen-bond acceptors (Lipinski definition) is 1. The SMILES string of the molecule is c1ccc(-c2ccc3c(c2)oc2ccc(-c4ccccc4)c(-c4c5ccccc5c(-c5c(-c6ccccc6)ccc6c7ccccc7c7ccccc7c56)c5ccccc45)c23)cc1. The third-order valence-electron chi connectivity index (χ3n) is 13.3. The lowest BCUT2D eigenvalue weighted by Crippen LogP contribution is -1.96. The molecule has 0 saturated heterocycles. The van der Waals surface area contributed by atoms with Crippen LogP contribution >= 0.6 is 0 Å². The second kappa shape index (κ2) is 14.2. The molecule has 0 atom stereocenters. The summed E-state index contributed by atoms with van der Waals surface area (Å²) < 4.78 is 6.87. The molecule has 292 valence electrons. The molecule has 1 aromatic heterocycles. The van der Waals surface area contributed by atoms with Crippen LogP contribution in [0.4, 0.5) is 0 Å². The number of hydrogen-bond donors (Lipinski definition) is 0. The highest BCUT2D eigenvalue weighted by atomic mass is 16.3. The lowest BCUT2D eigenvalue weighted by atomic mass is 9.79. The third kappa shape index (κ3) is 5.43. The van der Waals surface area contributed by atoms with E-state index >= 15 is 0 Å². The van der Waals surface area contributed by atoms with Gasteiger partial charge in [-0.2, -0.15) is 0 Å². The van der Waals surface area contributed by atoms with Gasteiger partial charge in [-0.1, -0.05) is 212 Å². The Hall–Kier alpha value is -8.26. The van der Waals surface area contributed by atoms with Crippen molar-refractivity contribution in [2.24, 2.45) is 0 Å². The zero-order valence-electron chi connectivity index (χ0n) is 34.3. The summed E-state index contributed by atoms with van der Waals surface area (Å²) in [5.74, 6) is 0. The van der Waals surface area contributed by atoms with Crippen molar-refractivity contribution >= 4 is 75.8 Å². The van der Waals surface area contributed by atoms with Crippen molar-refractivity contribution in [3.05, 3.63) is 231 Å². The van der Waals surface area contributed by atoms with Crippen molar-refractivity contribution in [1.82, 2.24) is 0 Å². The summed E-state index contributed by atoms with van der Waals surface area (Å²) in [6, 6.07) is 84.3. The highest BCUT2D eigenvalue weighted by Gasteiger charge is 2.26. The zero-order chi connectivity index (χ0) is 41.4. The molecule has 0 aliphatic carbocycles. The molecule has 0 radical (unpaired) electrons. The van der Waals surface area contributed by atoms with Gasteiger partial charge in [-0.3, -0.25) is 0 Å². The van der Waals surface area contributed by atoms with E-state index in [1.165, 1.54) is 104 Å². The summed E-state index contributed by atoms with van der Waals surface area (Å²) >= 11 is 0. The van der Waals surface area contributed by atoms with E-state index in [-0.39, 0.29) is 0 Å². The van der Waals surface area contributed by atoms with Gasteiger partial charge in [0, 0.05) is 16.3 Å². The summed E-state index contributed by atoms with van der Waals surface area (Å²) in [5, 5.41) is 14.6. The van der Waals surface area contributed by atoms with Gasteiger partial charge in [-0.15, -0.1) is 0 Å². The number of fused-ring (bicyclic) bond motifs is 11. The van der Waals surface area contributed by atoms with Crippen LogP contribution in [0, 0.1) is 0 Å². The number of furan rings is 1. The van der Waals surface area contributed by atoms with Crippen LogP contribution in [-0.2, 0) is 0 Å². The Bertz CT molecular complexity index is 3840. The smallest absolute Gasteiger partial charge is 0.136 e. The molecule has 0 aliphatic heterocycles. The molecule has 13 aromatic rings. The predicted molar refractivity (Wildman–Crippen MR) is 268 cm³/mol. The average molecular weight is 799 g/mol. The maximum atomic E-state index is 6.87. The molecule has 63 heavy (non-hydrogen) atoms. The van der Waals surface area contributed by atoms with Gasteiger partial charge in [-0.05, 0) is 122 Å². The Morgan fingerprint density at radius 2 is 0.587 bits per heavy atom. The average Bonchev–Trinajstić information content (AvgIpc) is 3.74. The van der Waals surface area contributed by atoms with Crippen LogP contribution in [0.1, 0.15) is 0 Å². The summed E-state index contributed by atoms with van der Waals surface area (Å²) in [5.41, 5.74) is 13.7. The van der Waals surface area contributed by atoms with Crippen molar-refractivity contribution in [1.29, 1.82) is 0 Å². The molecule has 0 unspecified atom stereocenters. The molecule has 13 rings (SSSR count). The maximum absolute atomic E-state index is 6.87. The lowest BCUT2D eigenvalue weighted by Gasteiger charge is -2.24. The normalized spacial score (nSPS) is 11.8. The molecule has 0 aliphatic rings. The summed E-state index contributed by atoms with van der Waals surface area (Å²) in [6.07, 6.45) is 0. The largest absolute Gasteiger partial charge is 0.456 e.